The summed E-state index contributed by atoms with van der Waals surface area (Å²) in [4.78, 5) is 17.1. The van der Waals surface area contributed by atoms with Crippen LogP contribution in [0.4, 0.5) is 13.2 Å². The second kappa shape index (κ2) is 5.63. The number of nitrogens with zero attached hydrogens (tertiary/aromatic N) is 2. The van der Waals surface area contributed by atoms with Crippen molar-refractivity contribution < 1.29 is 23.1 Å². The van der Waals surface area contributed by atoms with Crippen LogP contribution in [0, 0.1) is 0 Å². The van der Waals surface area contributed by atoms with E-state index in [9.17, 15) is 23.1 Å². The van der Waals surface area contributed by atoms with E-state index >= 15 is 0 Å². The van der Waals surface area contributed by atoms with Crippen molar-refractivity contribution in [3.05, 3.63) is 29.6 Å². The number of likely N-dealkylation sites (tertiary alicyclic amines) is 1. The highest BCUT2D eigenvalue weighted by Gasteiger charge is 2.33. The second-order valence-electron chi connectivity index (χ2n) is 5.57. The number of amides is 1. The molecule has 1 N–H and O–H groups in total. The summed E-state index contributed by atoms with van der Waals surface area (Å²) >= 11 is 0. The van der Waals surface area contributed by atoms with Crippen LogP contribution in [0.15, 0.2) is 18.3 Å². The summed E-state index contributed by atoms with van der Waals surface area (Å²) in [7, 11) is 0. The molecule has 1 saturated heterocycles. The van der Waals surface area contributed by atoms with E-state index in [2.05, 4.69) is 4.98 Å². The molecule has 0 radical (unpaired) electrons. The number of halogens is 3. The molecule has 1 atom stereocenters. The lowest BCUT2D eigenvalue weighted by molar-refractivity contribution is -0.141. The highest BCUT2D eigenvalue weighted by Crippen LogP contribution is 2.27. The van der Waals surface area contributed by atoms with E-state index < -0.39 is 17.5 Å². The van der Waals surface area contributed by atoms with E-state index in [1.54, 1.807) is 11.8 Å². The molecule has 1 aromatic rings. The van der Waals surface area contributed by atoms with Gasteiger partial charge < -0.3 is 10.0 Å². The zero-order valence-corrected chi connectivity index (χ0v) is 11.7. The molecule has 0 aromatic carbocycles. The van der Waals surface area contributed by atoms with Gasteiger partial charge in [0.05, 0.1) is 11.2 Å². The van der Waals surface area contributed by atoms with Crippen LogP contribution >= 0.6 is 0 Å². The fourth-order valence-corrected chi connectivity index (χ4v) is 2.34. The van der Waals surface area contributed by atoms with Gasteiger partial charge in [0.25, 0.3) is 5.91 Å². The first kappa shape index (κ1) is 15.8. The lowest BCUT2D eigenvalue weighted by Gasteiger charge is -2.22. The van der Waals surface area contributed by atoms with Crippen LogP contribution in [0.25, 0.3) is 0 Å². The quantitative estimate of drug-likeness (QED) is 0.867. The number of pyridine rings is 1. The zero-order valence-electron chi connectivity index (χ0n) is 11.7. The number of hydrogen-bond acceptors (Lipinski definition) is 3. The van der Waals surface area contributed by atoms with Gasteiger partial charge in [-0.1, -0.05) is 0 Å². The third kappa shape index (κ3) is 3.93. The molecule has 21 heavy (non-hydrogen) atoms. The Bertz CT molecular complexity index is 512. The smallest absolute Gasteiger partial charge is 0.390 e. The number of aliphatic hydroxyl groups is 1. The Hall–Kier alpha value is -1.63. The molecule has 116 valence electrons. The van der Waals surface area contributed by atoms with Crippen molar-refractivity contribution in [3.63, 3.8) is 0 Å². The number of alkyl halides is 3. The fourth-order valence-electron chi connectivity index (χ4n) is 2.34. The van der Waals surface area contributed by atoms with Crippen LogP contribution in [-0.4, -0.2) is 39.6 Å². The normalized spacial score (nSPS) is 23.8. The van der Waals surface area contributed by atoms with E-state index in [0.717, 1.165) is 18.3 Å². The van der Waals surface area contributed by atoms with Gasteiger partial charge in [-0.15, -0.1) is 0 Å². The number of hydrogen-bond donors (Lipinski definition) is 1. The van der Waals surface area contributed by atoms with Crippen molar-refractivity contribution in [1.29, 1.82) is 0 Å². The lowest BCUT2D eigenvalue weighted by atomic mass is 9.98. The van der Waals surface area contributed by atoms with Crippen LogP contribution in [0.3, 0.4) is 0 Å². The maximum Gasteiger partial charge on any atom is 0.433 e. The largest absolute Gasteiger partial charge is 0.433 e. The van der Waals surface area contributed by atoms with Crippen LogP contribution in [0.2, 0.25) is 0 Å². The van der Waals surface area contributed by atoms with Crippen LogP contribution < -0.4 is 0 Å². The van der Waals surface area contributed by atoms with Gasteiger partial charge in [0.15, 0.2) is 0 Å². The minimum absolute atomic E-state index is 0.129. The van der Waals surface area contributed by atoms with Gasteiger partial charge >= 0.3 is 6.18 Å². The number of aromatic nitrogens is 1. The van der Waals surface area contributed by atoms with E-state index in [0.29, 0.717) is 32.4 Å². The van der Waals surface area contributed by atoms with Crippen molar-refractivity contribution in [3.8, 4) is 0 Å². The minimum atomic E-state index is -4.51. The van der Waals surface area contributed by atoms with Crippen LogP contribution in [-0.2, 0) is 6.18 Å². The lowest BCUT2D eigenvalue weighted by Crippen LogP contribution is -2.33. The summed E-state index contributed by atoms with van der Waals surface area (Å²) < 4.78 is 37.3. The van der Waals surface area contributed by atoms with Gasteiger partial charge in [0.1, 0.15) is 5.69 Å². The van der Waals surface area contributed by atoms with Gasteiger partial charge in [-0.25, -0.2) is 0 Å². The minimum Gasteiger partial charge on any atom is -0.390 e. The van der Waals surface area contributed by atoms with Gasteiger partial charge in [-0.05, 0) is 38.3 Å². The van der Waals surface area contributed by atoms with Gasteiger partial charge in [-0.3, -0.25) is 9.78 Å². The van der Waals surface area contributed by atoms with Gasteiger partial charge in [0.2, 0.25) is 0 Å². The first-order chi connectivity index (χ1) is 9.69. The number of rotatable bonds is 1. The summed E-state index contributed by atoms with van der Waals surface area (Å²) in [6, 6.07) is 1.95. The summed E-state index contributed by atoms with van der Waals surface area (Å²) in [5, 5.41) is 9.98. The van der Waals surface area contributed by atoms with Crippen LogP contribution in [0.1, 0.15) is 42.2 Å². The van der Waals surface area contributed by atoms with Crippen molar-refractivity contribution in [1.82, 2.24) is 9.88 Å². The van der Waals surface area contributed by atoms with E-state index in [4.69, 9.17) is 0 Å². The van der Waals surface area contributed by atoms with E-state index in [-0.39, 0.29) is 11.5 Å². The maximum atomic E-state index is 12.4. The molecule has 0 spiro atoms. The molecule has 4 nitrogen and oxygen atoms in total. The Morgan fingerprint density at radius 1 is 1.33 bits per heavy atom. The van der Waals surface area contributed by atoms with Crippen LogP contribution in [0.5, 0.6) is 0 Å². The van der Waals surface area contributed by atoms with Crippen molar-refractivity contribution in [2.75, 3.05) is 13.1 Å². The topological polar surface area (TPSA) is 53.4 Å². The molecular weight excluding hydrogens is 285 g/mol. The summed E-state index contributed by atoms with van der Waals surface area (Å²) in [5.41, 5.74) is -1.68. The third-order valence-corrected chi connectivity index (χ3v) is 3.65. The highest BCUT2D eigenvalue weighted by molar-refractivity contribution is 5.93. The molecule has 2 rings (SSSR count). The first-order valence-electron chi connectivity index (χ1n) is 6.74. The molecule has 0 bridgehead atoms. The third-order valence-electron chi connectivity index (χ3n) is 3.65. The Balaban J connectivity index is 2.09. The second-order valence-corrected chi connectivity index (χ2v) is 5.57. The number of carbonyl (C=O) groups is 1. The molecule has 1 fully saturated rings. The molecule has 7 heteroatoms. The molecular formula is C14H17F3N2O2. The Morgan fingerprint density at radius 2 is 2.05 bits per heavy atom. The van der Waals surface area contributed by atoms with E-state index in [1.165, 1.54) is 0 Å². The Kier molecular flexibility index (Phi) is 4.22. The van der Waals surface area contributed by atoms with Crippen molar-refractivity contribution in [2.24, 2.45) is 0 Å². The Morgan fingerprint density at radius 3 is 2.62 bits per heavy atom. The average Bonchev–Trinajstić information content (AvgIpc) is 2.58. The van der Waals surface area contributed by atoms with E-state index in [1.807, 2.05) is 0 Å². The predicted molar refractivity (Wildman–Crippen MR) is 69.6 cm³/mol. The molecule has 1 aliphatic heterocycles. The molecule has 1 aliphatic rings. The summed E-state index contributed by atoms with van der Waals surface area (Å²) in [5.74, 6) is -0.353. The zero-order chi connectivity index (χ0) is 15.7. The molecule has 1 unspecified atom stereocenters. The molecule has 0 saturated carbocycles. The average molecular weight is 302 g/mol. The maximum absolute atomic E-state index is 12.4. The standard InChI is InChI=1S/C14H17F3N2O2/c1-13(21)5-2-7-19(8-6-13)12(20)10-3-4-11(18-9-10)14(15,16)17/h3-4,9,21H,2,5-8H2,1H3. The monoisotopic (exact) mass is 302 g/mol. The summed E-state index contributed by atoms with van der Waals surface area (Å²) in [6.07, 6.45) is -1.85. The Labute approximate surface area is 120 Å². The molecule has 2 heterocycles. The van der Waals surface area contributed by atoms with Crippen molar-refractivity contribution >= 4 is 5.91 Å². The van der Waals surface area contributed by atoms with Gasteiger partial charge in [0, 0.05) is 19.3 Å². The number of carbonyl (C=O) groups excluding carboxylic acids is 1. The predicted octanol–water partition coefficient (Wildman–Crippen LogP) is 2.48. The first-order valence-corrected chi connectivity index (χ1v) is 6.74. The fraction of sp³-hybridized carbons (Fsp3) is 0.571. The SMILES string of the molecule is CC1(O)CCCN(C(=O)c2ccc(C(F)(F)F)nc2)CC1. The molecule has 1 aromatic heterocycles. The summed E-state index contributed by atoms with van der Waals surface area (Å²) in [6.45, 7) is 2.59. The highest BCUT2D eigenvalue weighted by atomic mass is 19.4. The van der Waals surface area contributed by atoms with Crippen molar-refractivity contribution in [2.45, 2.75) is 38.0 Å². The van der Waals surface area contributed by atoms with Gasteiger partial charge in [-0.2, -0.15) is 13.2 Å². The molecule has 1 amide bonds. The molecule has 0 aliphatic carbocycles.